The Balaban J connectivity index is 2.34. The zero-order valence-corrected chi connectivity index (χ0v) is 6.69. The molecule has 0 radical (unpaired) electrons. The second kappa shape index (κ2) is 2.69. The van der Waals surface area contributed by atoms with E-state index in [0.717, 1.165) is 0 Å². The number of ketones is 1. The van der Waals surface area contributed by atoms with Crippen LogP contribution in [0.4, 0.5) is 0 Å². The maximum atomic E-state index is 11.3. The lowest BCUT2D eigenvalue weighted by atomic mass is 9.88. The Kier molecular flexibility index (Phi) is 1.65. The third kappa shape index (κ3) is 1.22. The van der Waals surface area contributed by atoms with Crippen LogP contribution in [0.15, 0.2) is 10.7 Å². The number of Topliss-reactive ketones (excluding diaryl/α,β-unsaturated/α-hetero) is 1. The molecule has 1 unspecified atom stereocenters. The van der Waals surface area contributed by atoms with Crippen LogP contribution in [0.3, 0.4) is 0 Å². The number of aliphatic carboxylic acids is 1. The first-order chi connectivity index (χ1) is 6.18. The fraction of sp³-hybridized carbons (Fsp3) is 0.375. The zero-order chi connectivity index (χ0) is 9.42. The van der Waals surface area contributed by atoms with E-state index in [4.69, 9.17) is 9.63 Å². The van der Waals surface area contributed by atoms with Crippen molar-refractivity contribution in [2.75, 3.05) is 0 Å². The van der Waals surface area contributed by atoms with E-state index in [1.807, 2.05) is 0 Å². The first-order valence-corrected chi connectivity index (χ1v) is 3.88. The van der Waals surface area contributed by atoms with Gasteiger partial charge in [-0.25, -0.2) is 0 Å². The number of hydrogen-bond acceptors (Lipinski definition) is 4. The number of nitrogens with zero attached hydrogens (tertiary/aromatic N) is 1. The molecule has 5 nitrogen and oxygen atoms in total. The van der Waals surface area contributed by atoms with Gasteiger partial charge < -0.3 is 9.63 Å². The van der Waals surface area contributed by atoms with Crippen molar-refractivity contribution in [2.45, 2.75) is 12.8 Å². The molecule has 0 saturated carbocycles. The number of carboxylic acid groups (broad SMARTS) is 1. The van der Waals surface area contributed by atoms with Crippen LogP contribution in [0.5, 0.6) is 0 Å². The van der Waals surface area contributed by atoms with Crippen LogP contribution in [0, 0.1) is 5.92 Å². The highest BCUT2D eigenvalue weighted by Gasteiger charge is 2.32. The topological polar surface area (TPSA) is 80.4 Å². The monoisotopic (exact) mass is 181 g/mol. The van der Waals surface area contributed by atoms with Crippen molar-refractivity contribution in [1.82, 2.24) is 5.16 Å². The highest BCUT2D eigenvalue weighted by molar-refractivity contribution is 6.00. The number of carbonyl (C=O) groups excluding carboxylic acids is 1. The lowest BCUT2D eigenvalue weighted by Gasteiger charge is -2.14. The molecule has 1 heterocycles. The molecule has 1 aliphatic rings. The summed E-state index contributed by atoms with van der Waals surface area (Å²) < 4.78 is 4.77. The lowest BCUT2D eigenvalue weighted by molar-refractivity contribution is -0.141. The maximum Gasteiger partial charge on any atom is 0.307 e. The van der Waals surface area contributed by atoms with Gasteiger partial charge in [0.25, 0.3) is 0 Å². The number of carbonyl (C=O) groups is 2. The van der Waals surface area contributed by atoms with Gasteiger partial charge in [0.2, 0.25) is 0 Å². The third-order valence-corrected chi connectivity index (χ3v) is 2.16. The summed E-state index contributed by atoms with van der Waals surface area (Å²) in [7, 11) is 0. The Bertz CT molecular complexity index is 368. The molecule has 13 heavy (non-hydrogen) atoms. The van der Waals surface area contributed by atoms with E-state index >= 15 is 0 Å². The molecule has 68 valence electrons. The van der Waals surface area contributed by atoms with Crippen LogP contribution in [0.25, 0.3) is 0 Å². The van der Waals surface area contributed by atoms with Crippen LogP contribution in [0.2, 0.25) is 0 Å². The summed E-state index contributed by atoms with van der Waals surface area (Å²) in [5.74, 6) is -1.43. The summed E-state index contributed by atoms with van der Waals surface area (Å²) in [5, 5.41) is 12.2. The van der Waals surface area contributed by atoms with Crippen molar-refractivity contribution < 1.29 is 19.2 Å². The normalized spacial score (nSPS) is 21.2. The highest BCUT2D eigenvalue weighted by atomic mass is 16.5. The van der Waals surface area contributed by atoms with Crippen LogP contribution in [-0.2, 0) is 11.2 Å². The van der Waals surface area contributed by atoms with Crippen molar-refractivity contribution in [3.8, 4) is 0 Å². The van der Waals surface area contributed by atoms with Gasteiger partial charge in [-0.05, 0) is 0 Å². The first kappa shape index (κ1) is 7.97. The summed E-state index contributed by atoms with van der Waals surface area (Å²) in [6.45, 7) is 0. The summed E-state index contributed by atoms with van der Waals surface area (Å²) in [5.41, 5.74) is 0.428. The molecule has 1 aromatic rings. The molecule has 0 aliphatic heterocycles. The summed E-state index contributed by atoms with van der Waals surface area (Å²) in [4.78, 5) is 21.9. The molecule has 1 aromatic heterocycles. The summed E-state index contributed by atoms with van der Waals surface area (Å²) in [6, 6.07) is 0. The van der Waals surface area contributed by atoms with E-state index in [-0.39, 0.29) is 18.6 Å². The number of hydrogen-bond donors (Lipinski definition) is 1. The number of rotatable bonds is 1. The van der Waals surface area contributed by atoms with Crippen LogP contribution >= 0.6 is 0 Å². The van der Waals surface area contributed by atoms with Gasteiger partial charge in [-0.15, -0.1) is 0 Å². The van der Waals surface area contributed by atoms with Crippen molar-refractivity contribution in [3.05, 3.63) is 17.5 Å². The predicted molar refractivity (Wildman–Crippen MR) is 40.3 cm³/mol. The molecule has 1 aliphatic carbocycles. The Morgan fingerprint density at radius 3 is 3.08 bits per heavy atom. The van der Waals surface area contributed by atoms with Crippen molar-refractivity contribution in [3.63, 3.8) is 0 Å². The molecule has 0 saturated heterocycles. The minimum Gasteiger partial charge on any atom is -0.481 e. The SMILES string of the molecule is O=C1CC(C(=O)O)Cc2oncc21. The molecule has 0 bridgehead atoms. The van der Waals surface area contributed by atoms with Crippen LogP contribution in [-0.4, -0.2) is 22.0 Å². The Morgan fingerprint density at radius 1 is 1.62 bits per heavy atom. The third-order valence-electron chi connectivity index (χ3n) is 2.16. The average molecular weight is 181 g/mol. The smallest absolute Gasteiger partial charge is 0.307 e. The summed E-state index contributed by atoms with van der Waals surface area (Å²) in [6.07, 6.45) is 1.65. The Morgan fingerprint density at radius 2 is 2.38 bits per heavy atom. The second-order valence-corrected chi connectivity index (χ2v) is 3.03. The molecular weight excluding hydrogens is 174 g/mol. The van der Waals surface area contributed by atoms with Gasteiger partial charge in [-0.3, -0.25) is 9.59 Å². The standard InChI is InChI=1S/C8H7NO4/c10-6-1-4(8(11)12)2-7-5(6)3-9-13-7/h3-4H,1-2H2,(H,11,12). The molecule has 0 aromatic carbocycles. The molecular formula is C8H7NO4. The van der Waals surface area contributed by atoms with Gasteiger partial charge in [0, 0.05) is 12.8 Å². The molecule has 2 rings (SSSR count). The predicted octanol–water partition coefficient (Wildman–Crippen LogP) is 0.504. The largest absolute Gasteiger partial charge is 0.481 e. The highest BCUT2D eigenvalue weighted by Crippen LogP contribution is 2.25. The average Bonchev–Trinajstić information content (AvgIpc) is 2.51. The number of aromatic nitrogens is 1. The van der Waals surface area contributed by atoms with Gasteiger partial charge in [-0.2, -0.15) is 0 Å². The van der Waals surface area contributed by atoms with Gasteiger partial charge in [0.05, 0.1) is 17.7 Å². The molecule has 1 atom stereocenters. The van der Waals surface area contributed by atoms with E-state index in [0.29, 0.717) is 11.3 Å². The fourth-order valence-corrected chi connectivity index (χ4v) is 1.44. The van der Waals surface area contributed by atoms with Gasteiger partial charge >= 0.3 is 5.97 Å². The summed E-state index contributed by atoms with van der Waals surface area (Å²) >= 11 is 0. The second-order valence-electron chi connectivity index (χ2n) is 3.03. The van der Waals surface area contributed by atoms with Gasteiger partial charge in [0.15, 0.2) is 5.78 Å². The van der Waals surface area contributed by atoms with E-state index in [1.165, 1.54) is 6.20 Å². The molecule has 0 amide bonds. The van der Waals surface area contributed by atoms with E-state index in [2.05, 4.69) is 5.16 Å². The molecule has 1 N–H and O–H groups in total. The lowest BCUT2D eigenvalue weighted by Crippen LogP contribution is -2.25. The van der Waals surface area contributed by atoms with E-state index in [1.54, 1.807) is 0 Å². The van der Waals surface area contributed by atoms with Crippen molar-refractivity contribution in [2.24, 2.45) is 5.92 Å². The molecule has 0 spiro atoms. The Hall–Kier alpha value is -1.65. The maximum absolute atomic E-state index is 11.3. The minimum absolute atomic E-state index is 0.0452. The Labute approximate surface area is 73.3 Å². The quantitative estimate of drug-likeness (QED) is 0.682. The van der Waals surface area contributed by atoms with Crippen LogP contribution in [0.1, 0.15) is 22.5 Å². The molecule has 0 fully saturated rings. The zero-order valence-electron chi connectivity index (χ0n) is 6.69. The van der Waals surface area contributed by atoms with Gasteiger partial charge in [0.1, 0.15) is 5.76 Å². The minimum atomic E-state index is -0.963. The number of carboxylic acids is 1. The fourth-order valence-electron chi connectivity index (χ4n) is 1.44. The van der Waals surface area contributed by atoms with E-state index in [9.17, 15) is 9.59 Å². The number of fused-ring (bicyclic) bond motifs is 1. The van der Waals surface area contributed by atoms with E-state index < -0.39 is 11.9 Å². The molecule has 5 heteroatoms. The first-order valence-electron chi connectivity index (χ1n) is 3.88. The van der Waals surface area contributed by atoms with Crippen LogP contribution < -0.4 is 0 Å². The van der Waals surface area contributed by atoms with Crippen molar-refractivity contribution >= 4 is 11.8 Å². The van der Waals surface area contributed by atoms with Gasteiger partial charge in [-0.1, -0.05) is 5.16 Å². The van der Waals surface area contributed by atoms with Crippen molar-refractivity contribution in [1.29, 1.82) is 0 Å².